The normalized spacial score (nSPS) is 21.0. The number of amides is 2. The molecule has 0 bridgehead atoms. The lowest BCUT2D eigenvalue weighted by atomic mass is 10.0. The number of likely N-dealkylation sites (N-methyl/N-ethyl adjacent to an activating group) is 1. The Morgan fingerprint density at radius 3 is 2.76 bits per heavy atom. The monoisotopic (exact) mass is 356 g/mol. The largest absolute Gasteiger partial charge is 0.481 e. The minimum Gasteiger partial charge on any atom is -0.481 e. The van der Waals surface area contributed by atoms with Crippen LogP contribution >= 0.6 is 15.9 Å². The van der Waals surface area contributed by atoms with Crippen molar-refractivity contribution in [3.05, 3.63) is 28.7 Å². The Morgan fingerprint density at radius 1 is 1.43 bits per heavy atom. The number of ether oxygens (including phenoxy) is 1. The number of carboxylic acids is 1. The van der Waals surface area contributed by atoms with Crippen LogP contribution in [0.3, 0.4) is 0 Å². The standard InChI is InChI=1S/C14H17BrN2O4/c1-2-17(12-8-21-7-9(12)13(18)19)14(20)16-11-6-4-3-5-10(11)15/h3-6,9,12H,2,7-8H2,1H3,(H,16,20)(H,18,19). The Hall–Kier alpha value is -1.60. The molecule has 0 spiro atoms. The van der Waals surface area contributed by atoms with Crippen LogP contribution in [0, 0.1) is 5.92 Å². The smallest absolute Gasteiger partial charge is 0.322 e. The van der Waals surface area contributed by atoms with Gasteiger partial charge in [0, 0.05) is 11.0 Å². The van der Waals surface area contributed by atoms with E-state index in [1.165, 1.54) is 4.90 Å². The average molecular weight is 357 g/mol. The first-order chi connectivity index (χ1) is 10.0. The molecular formula is C14H17BrN2O4. The third-order valence-electron chi connectivity index (χ3n) is 3.49. The Balaban J connectivity index is 2.12. The van der Waals surface area contributed by atoms with Crippen molar-refractivity contribution in [3.63, 3.8) is 0 Å². The van der Waals surface area contributed by atoms with Crippen molar-refractivity contribution in [1.82, 2.24) is 4.90 Å². The van der Waals surface area contributed by atoms with Gasteiger partial charge in [0.25, 0.3) is 0 Å². The van der Waals surface area contributed by atoms with E-state index in [4.69, 9.17) is 4.74 Å². The predicted molar refractivity (Wildman–Crippen MR) is 81.3 cm³/mol. The molecule has 21 heavy (non-hydrogen) atoms. The van der Waals surface area contributed by atoms with Crippen LogP contribution in [0.1, 0.15) is 6.92 Å². The molecule has 0 radical (unpaired) electrons. The van der Waals surface area contributed by atoms with Gasteiger partial charge in [0.1, 0.15) is 5.92 Å². The summed E-state index contributed by atoms with van der Waals surface area (Å²) in [6, 6.07) is 6.49. The first kappa shape index (κ1) is 15.8. The Morgan fingerprint density at radius 2 is 2.14 bits per heavy atom. The molecule has 1 aliphatic rings. The van der Waals surface area contributed by atoms with Gasteiger partial charge in [0.2, 0.25) is 0 Å². The summed E-state index contributed by atoms with van der Waals surface area (Å²) < 4.78 is 6.00. The topological polar surface area (TPSA) is 78.9 Å². The van der Waals surface area contributed by atoms with Gasteiger partial charge in [-0.1, -0.05) is 12.1 Å². The first-order valence-corrected chi connectivity index (χ1v) is 7.46. The van der Waals surface area contributed by atoms with Crippen molar-refractivity contribution in [2.45, 2.75) is 13.0 Å². The van der Waals surface area contributed by atoms with Gasteiger partial charge in [-0.3, -0.25) is 4.79 Å². The van der Waals surface area contributed by atoms with Gasteiger partial charge >= 0.3 is 12.0 Å². The summed E-state index contributed by atoms with van der Waals surface area (Å²) in [6.07, 6.45) is 0. The van der Waals surface area contributed by atoms with Gasteiger partial charge in [-0.15, -0.1) is 0 Å². The zero-order valence-corrected chi connectivity index (χ0v) is 13.2. The lowest BCUT2D eigenvalue weighted by molar-refractivity contribution is -0.142. The number of nitrogens with zero attached hydrogens (tertiary/aromatic N) is 1. The molecule has 1 aliphatic heterocycles. The van der Waals surface area contributed by atoms with Crippen LogP contribution in [0.4, 0.5) is 10.5 Å². The van der Waals surface area contributed by atoms with E-state index in [2.05, 4.69) is 21.2 Å². The van der Waals surface area contributed by atoms with Crippen LogP contribution in [-0.2, 0) is 9.53 Å². The van der Waals surface area contributed by atoms with E-state index in [9.17, 15) is 14.7 Å². The molecule has 1 aromatic rings. The molecule has 2 unspecified atom stereocenters. The number of carboxylic acid groups (broad SMARTS) is 1. The van der Waals surface area contributed by atoms with Crippen LogP contribution < -0.4 is 5.32 Å². The van der Waals surface area contributed by atoms with E-state index >= 15 is 0 Å². The lowest BCUT2D eigenvalue weighted by Crippen LogP contribution is -2.48. The molecule has 2 N–H and O–H groups in total. The van der Waals surface area contributed by atoms with E-state index in [1.54, 1.807) is 6.07 Å². The summed E-state index contributed by atoms with van der Waals surface area (Å²) >= 11 is 3.36. The van der Waals surface area contributed by atoms with Crippen molar-refractivity contribution >= 4 is 33.6 Å². The highest BCUT2D eigenvalue weighted by atomic mass is 79.9. The van der Waals surface area contributed by atoms with Crippen LogP contribution in [0.15, 0.2) is 28.7 Å². The average Bonchev–Trinajstić information content (AvgIpc) is 2.91. The third kappa shape index (κ3) is 3.54. The molecule has 0 aliphatic carbocycles. The number of para-hydroxylation sites is 1. The number of benzene rings is 1. The first-order valence-electron chi connectivity index (χ1n) is 6.67. The number of carbonyl (C=O) groups is 2. The Labute approximate surface area is 131 Å². The Bertz CT molecular complexity index is 537. The molecule has 1 fully saturated rings. The number of nitrogens with one attached hydrogen (secondary N) is 1. The number of rotatable bonds is 4. The molecular weight excluding hydrogens is 340 g/mol. The summed E-state index contributed by atoms with van der Waals surface area (Å²) in [5, 5.41) is 12.0. The minimum absolute atomic E-state index is 0.138. The van der Waals surface area contributed by atoms with Crippen molar-refractivity contribution in [1.29, 1.82) is 0 Å². The van der Waals surface area contributed by atoms with Gasteiger partial charge in [0.15, 0.2) is 0 Å². The van der Waals surface area contributed by atoms with Gasteiger partial charge in [0.05, 0.1) is 24.9 Å². The van der Waals surface area contributed by atoms with E-state index in [0.29, 0.717) is 12.2 Å². The molecule has 2 atom stereocenters. The van der Waals surface area contributed by atoms with E-state index in [-0.39, 0.29) is 19.2 Å². The highest BCUT2D eigenvalue weighted by Crippen LogP contribution is 2.24. The van der Waals surface area contributed by atoms with Gasteiger partial charge in [-0.25, -0.2) is 4.79 Å². The van der Waals surface area contributed by atoms with Gasteiger partial charge < -0.3 is 20.1 Å². The molecule has 1 heterocycles. The van der Waals surface area contributed by atoms with Crippen molar-refractivity contribution in [2.24, 2.45) is 5.92 Å². The number of carbonyl (C=O) groups excluding carboxylic acids is 1. The van der Waals surface area contributed by atoms with Crippen LogP contribution in [0.5, 0.6) is 0 Å². The van der Waals surface area contributed by atoms with Crippen LogP contribution in [0.2, 0.25) is 0 Å². The minimum atomic E-state index is -0.940. The van der Waals surface area contributed by atoms with Gasteiger partial charge in [-0.05, 0) is 35.0 Å². The molecule has 1 aromatic carbocycles. The van der Waals surface area contributed by atoms with Gasteiger partial charge in [-0.2, -0.15) is 0 Å². The molecule has 0 aromatic heterocycles. The molecule has 2 amide bonds. The van der Waals surface area contributed by atoms with Crippen LogP contribution in [-0.4, -0.2) is 47.8 Å². The van der Waals surface area contributed by atoms with Crippen molar-refractivity contribution in [3.8, 4) is 0 Å². The third-order valence-corrected chi connectivity index (χ3v) is 4.18. The number of urea groups is 1. The maximum atomic E-state index is 12.4. The predicted octanol–water partition coefficient (Wildman–Crippen LogP) is 2.40. The SMILES string of the molecule is CCN(C(=O)Nc1ccccc1Br)C1COCC1C(=O)O. The molecule has 1 saturated heterocycles. The fourth-order valence-electron chi connectivity index (χ4n) is 2.36. The fourth-order valence-corrected chi connectivity index (χ4v) is 2.75. The van der Waals surface area contributed by atoms with E-state index in [1.807, 2.05) is 25.1 Å². The summed E-state index contributed by atoms with van der Waals surface area (Å²) in [5.41, 5.74) is 0.645. The second-order valence-corrected chi connectivity index (χ2v) is 5.60. The van der Waals surface area contributed by atoms with E-state index in [0.717, 1.165) is 4.47 Å². The lowest BCUT2D eigenvalue weighted by Gasteiger charge is -2.29. The zero-order valence-electron chi connectivity index (χ0n) is 11.6. The number of halogens is 1. The molecule has 0 saturated carbocycles. The fraction of sp³-hybridized carbons (Fsp3) is 0.429. The summed E-state index contributed by atoms with van der Waals surface area (Å²) in [7, 11) is 0. The number of anilines is 1. The highest BCUT2D eigenvalue weighted by molar-refractivity contribution is 9.10. The van der Waals surface area contributed by atoms with Crippen molar-refractivity contribution < 1.29 is 19.4 Å². The Kier molecular flexibility index (Phi) is 5.19. The second-order valence-electron chi connectivity index (χ2n) is 4.75. The number of hydrogen-bond donors (Lipinski definition) is 2. The summed E-state index contributed by atoms with van der Waals surface area (Å²) in [4.78, 5) is 25.1. The second kappa shape index (κ2) is 6.91. The maximum absolute atomic E-state index is 12.4. The number of aliphatic carboxylic acids is 1. The van der Waals surface area contributed by atoms with Crippen LogP contribution in [0.25, 0.3) is 0 Å². The summed E-state index contributed by atoms with van der Waals surface area (Å²) in [5.74, 6) is -1.63. The molecule has 2 rings (SSSR count). The highest BCUT2D eigenvalue weighted by Gasteiger charge is 2.39. The van der Waals surface area contributed by atoms with E-state index < -0.39 is 17.9 Å². The maximum Gasteiger partial charge on any atom is 0.322 e. The number of hydrogen-bond acceptors (Lipinski definition) is 3. The molecule has 6 nitrogen and oxygen atoms in total. The van der Waals surface area contributed by atoms with Crippen molar-refractivity contribution in [2.75, 3.05) is 25.1 Å². The quantitative estimate of drug-likeness (QED) is 0.868. The molecule has 7 heteroatoms. The zero-order chi connectivity index (χ0) is 15.4. The summed E-state index contributed by atoms with van der Waals surface area (Å²) in [6.45, 7) is 2.61. The molecule has 114 valence electrons.